The maximum Gasteiger partial charge on any atom is 0.123 e. The van der Waals surface area contributed by atoms with Crippen molar-refractivity contribution < 1.29 is 8.83 Å². The maximum absolute atomic E-state index is 5.35. The fraction of sp³-hybridized carbons (Fsp3) is 0.200. The molecule has 2 heteroatoms. The van der Waals surface area contributed by atoms with Gasteiger partial charge in [0.1, 0.15) is 21.7 Å². The Labute approximate surface area is 99.9 Å². The van der Waals surface area contributed by atoms with Crippen LogP contribution in [0.3, 0.4) is 0 Å². The van der Waals surface area contributed by atoms with Crippen molar-refractivity contribution in [2.24, 2.45) is 0 Å². The van der Waals surface area contributed by atoms with Gasteiger partial charge in [-0.05, 0) is 55.7 Å². The summed E-state index contributed by atoms with van der Waals surface area (Å²) in [5.74, 6) is 0. The predicted octanol–water partition coefficient (Wildman–Crippen LogP) is 1.12. The molecule has 0 spiro atoms. The molecular formula is C15H16O2. The normalized spacial score (nSPS) is 13.4. The first-order chi connectivity index (χ1) is 8.24. The smallest absolute Gasteiger partial charge is 0.123 e. The summed E-state index contributed by atoms with van der Waals surface area (Å²) in [6.45, 7) is 7.43. The van der Waals surface area contributed by atoms with E-state index in [-0.39, 0.29) is 0 Å². The second-order valence-corrected chi connectivity index (χ2v) is 3.95. The molecule has 0 N–H and O–H groups in total. The van der Waals surface area contributed by atoms with Crippen LogP contribution in [0.25, 0.3) is 25.3 Å². The highest BCUT2D eigenvalue weighted by Gasteiger charge is 1.87. The van der Waals surface area contributed by atoms with Gasteiger partial charge in [-0.15, -0.1) is 0 Å². The maximum atomic E-state index is 5.35. The second-order valence-electron chi connectivity index (χ2n) is 3.95. The van der Waals surface area contributed by atoms with Gasteiger partial charge < -0.3 is 8.83 Å². The zero-order valence-corrected chi connectivity index (χ0v) is 9.82. The van der Waals surface area contributed by atoms with Crippen molar-refractivity contribution in [1.29, 1.82) is 0 Å². The van der Waals surface area contributed by atoms with E-state index in [9.17, 15) is 0 Å². The molecule has 0 fully saturated rings. The molecule has 2 rings (SSSR count). The van der Waals surface area contributed by atoms with Crippen molar-refractivity contribution in [2.45, 2.75) is 19.3 Å². The zero-order chi connectivity index (χ0) is 12.1. The third-order valence-electron chi connectivity index (χ3n) is 2.46. The zero-order valence-electron chi connectivity index (χ0n) is 9.82. The van der Waals surface area contributed by atoms with E-state index in [1.807, 2.05) is 24.3 Å². The summed E-state index contributed by atoms with van der Waals surface area (Å²) in [6, 6.07) is 7.62. The van der Waals surface area contributed by atoms with E-state index in [0.717, 1.165) is 30.1 Å². The Hall–Kier alpha value is -1.96. The minimum Gasteiger partial charge on any atom is -0.458 e. The molecule has 0 aliphatic carbocycles. The van der Waals surface area contributed by atoms with Gasteiger partial charge >= 0.3 is 0 Å². The molecule has 0 unspecified atom stereocenters. The quantitative estimate of drug-likeness (QED) is 0.733. The largest absolute Gasteiger partial charge is 0.458 e. The standard InChI is InChI=1S/C15H16O2/c1-12-8-10-14(16-12)6-4-3-5-7-15-11-9-13(2)17-15/h6-11H,1-5H2/b14-6-,15-7-. The molecular weight excluding hydrogens is 212 g/mol. The first kappa shape index (κ1) is 11.5. The molecule has 88 valence electrons. The SMILES string of the molecule is C=c1cc/c(=C/CCC/C=c2/ccc(=C)o2)o1. The van der Waals surface area contributed by atoms with Gasteiger partial charge in [0.15, 0.2) is 0 Å². The third-order valence-corrected chi connectivity index (χ3v) is 2.46. The van der Waals surface area contributed by atoms with Gasteiger partial charge in [0, 0.05) is 0 Å². The number of rotatable bonds is 4. The molecule has 17 heavy (non-hydrogen) atoms. The molecule has 0 aliphatic rings. The minimum absolute atomic E-state index is 0.710. The van der Waals surface area contributed by atoms with Crippen LogP contribution in [0.2, 0.25) is 0 Å². The molecule has 2 aromatic heterocycles. The number of unbranched alkanes of at least 4 members (excludes halogenated alkanes) is 2. The summed E-state index contributed by atoms with van der Waals surface area (Å²) >= 11 is 0. The van der Waals surface area contributed by atoms with Crippen molar-refractivity contribution in [3.05, 3.63) is 45.9 Å². The third kappa shape index (κ3) is 3.52. The molecule has 2 aromatic rings. The molecule has 2 nitrogen and oxygen atoms in total. The van der Waals surface area contributed by atoms with E-state index in [4.69, 9.17) is 8.83 Å². The van der Waals surface area contributed by atoms with Crippen LogP contribution in [-0.2, 0) is 0 Å². The Kier molecular flexibility index (Phi) is 3.66. The van der Waals surface area contributed by atoms with Crippen molar-refractivity contribution >= 4 is 25.3 Å². The van der Waals surface area contributed by atoms with Crippen molar-refractivity contribution in [3.63, 3.8) is 0 Å². The molecule has 0 atom stereocenters. The number of furan rings is 2. The highest BCUT2D eigenvalue weighted by Crippen LogP contribution is 1.96. The predicted molar refractivity (Wildman–Crippen MR) is 69.7 cm³/mol. The van der Waals surface area contributed by atoms with Gasteiger partial charge in [0.25, 0.3) is 0 Å². The van der Waals surface area contributed by atoms with Crippen molar-refractivity contribution in [2.75, 3.05) is 0 Å². The fourth-order valence-corrected chi connectivity index (χ4v) is 1.61. The van der Waals surface area contributed by atoms with Crippen molar-refractivity contribution in [1.82, 2.24) is 0 Å². The number of hydrogen-bond donors (Lipinski definition) is 0. The van der Waals surface area contributed by atoms with Crippen LogP contribution >= 0.6 is 0 Å². The minimum atomic E-state index is 0.710. The molecule has 0 bridgehead atoms. The Morgan fingerprint density at radius 2 is 1.29 bits per heavy atom. The van der Waals surface area contributed by atoms with Crippen LogP contribution in [0.15, 0.2) is 33.1 Å². The lowest BCUT2D eigenvalue weighted by atomic mass is 10.2. The Morgan fingerprint density at radius 3 is 1.65 bits per heavy atom. The lowest BCUT2D eigenvalue weighted by Crippen LogP contribution is -1.97. The second kappa shape index (κ2) is 5.39. The highest BCUT2D eigenvalue weighted by atomic mass is 16.3. The van der Waals surface area contributed by atoms with E-state index < -0.39 is 0 Å². The summed E-state index contributed by atoms with van der Waals surface area (Å²) in [5.41, 5.74) is 3.21. The Bertz CT molecular complexity index is 613. The van der Waals surface area contributed by atoms with E-state index in [2.05, 4.69) is 25.3 Å². The topological polar surface area (TPSA) is 26.3 Å². The number of hydrogen-bond acceptors (Lipinski definition) is 2. The van der Waals surface area contributed by atoms with Crippen LogP contribution in [0, 0.1) is 0 Å². The van der Waals surface area contributed by atoms with Gasteiger partial charge in [0.2, 0.25) is 0 Å². The van der Waals surface area contributed by atoms with Gasteiger partial charge in [-0.2, -0.15) is 0 Å². The lowest BCUT2D eigenvalue weighted by Gasteiger charge is -1.87. The lowest BCUT2D eigenvalue weighted by molar-refractivity contribution is 0.501. The van der Waals surface area contributed by atoms with E-state index in [1.54, 1.807) is 0 Å². The van der Waals surface area contributed by atoms with E-state index in [1.165, 1.54) is 0 Å². The van der Waals surface area contributed by atoms with E-state index >= 15 is 0 Å². The fourth-order valence-electron chi connectivity index (χ4n) is 1.61. The molecule has 0 amide bonds. The monoisotopic (exact) mass is 228 g/mol. The average molecular weight is 228 g/mol. The van der Waals surface area contributed by atoms with Gasteiger partial charge in [-0.1, -0.05) is 13.2 Å². The molecule has 0 saturated carbocycles. The molecule has 0 aromatic carbocycles. The first-order valence-electron chi connectivity index (χ1n) is 5.74. The Morgan fingerprint density at radius 1 is 0.824 bits per heavy atom. The summed E-state index contributed by atoms with van der Waals surface area (Å²) in [4.78, 5) is 0. The van der Waals surface area contributed by atoms with E-state index in [0.29, 0.717) is 10.8 Å². The Balaban J connectivity index is 1.85. The van der Waals surface area contributed by atoms with Crippen LogP contribution in [0.4, 0.5) is 0 Å². The summed E-state index contributed by atoms with van der Waals surface area (Å²) in [6.07, 6.45) is 7.21. The van der Waals surface area contributed by atoms with Crippen LogP contribution in [0.1, 0.15) is 19.3 Å². The summed E-state index contributed by atoms with van der Waals surface area (Å²) < 4.78 is 10.7. The van der Waals surface area contributed by atoms with Gasteiger partial charge in [-0.25, -0.2) is 0 Å². The molecule has 0 saturated heterocycles. The van der Waals surface area contributed by atoms with Crippen LogP contribution in [0.5, 0.6) is 0 Å². The molecule has 0 aliphatic heterocycles. The van der Waals surface area contributed by atoms with Crippen molar-refractivity contribution in [3.8, 4) is 0 Å². The highest BCUT2D eigenvalue weighted by molar-refractivity contribution is 5.21. The first-order valence-corrected chi connectivity index (χ1v) is 5.74. The van der Waals surface area contributed by atoms with Gasteiger partial charge in [-0.3, -0.25) is 0 Å². The summed E-state index contributed by atoms with van der Waals surface area (Å²) in [7, 11) is 0. The molecule has 2 heterocycles. The summed E-state index contributed by atoms with van der Waals surface area (Å²) in [5, 5.41) is 0. The molecule has 0 radical (unpaired) electrons. The van der Waals surface area contributed by atoms with Gasteiger partial charge in [0.05, 0.1) is 0 Å². The average Bonchev–Trinajstić information content (AvgIpc) is 2.88. The van der Waals surface area contributed by atoms with Crippen LogP contribution in [-0.4, -0.2) is 0 Å². The van der Waals surface area contributed by atoms with Crippen LogP contribution < -0.4 is 21.7 Å².